The van der Waals surface area contributed by atoms with E-state index in [0.29, 0.717) is 0 Å². The van der Waals surface area contributed by atoms with Crippen LogP contribution in [0.2, 0.25) is 0 Å². The molecule has 0 aliphatic carbocycles. The first-order chi connectivity index (χ1) is 5.63. The first kappa shape index (κ1) is 8.96. The Bertz CT molecular complexity index is 263. The van der Waals surface area contributed by atoms with E-state index in [9.17, 15) is 10.2 Å². The number of pyridine rings is 1. The maximum absolute atomic E-state index is 9.43. The molecule has 0 radical (unpaired) electrons. The lowest BCUT2D eigenvalue weighted by molar-refractivity contribution is 0.145. The zero-order valence-electron chi connectivity index (χ0n) is 6.81. The molecule has 0 saturated heterocycles. The molecule has 12 heavy (non-hydrogen) atoms. The Morgan fingerprint density at radius 3 is 2.75 bits per heavy atom. The molecule has 0 saturated carbocycles. The predicted octanol–water partition coefficient (Wildman–Crippen LogP) is 0.168. The average Bonchev–Trinajstić information content (AvgIpc) is 2.04. The summed E-state index contributed by atoms with van der Waals surface area (Å²) in [5.41, 5.74) is 5.66. The van der Waals surface area contributed by atoms with Gasteiger partial charge in [0.1, 0.15) is 17.5 Å². The van der Waals surface area contributed by atoms with Gasteiger partial charge in [-0.3, -0.25) is 4.98 Å². The molecule has 4 N–H and O–H groups in total. The van der Waals surface area contributed by atoms with Crippen LogP contribution in [0, 0.1) is 0 Å². The summed E-state index contributed by atoms with van der Waals surface area (Å²) in [4.78, 5) is 3.82. The molecule has 0 aliphatic rings. The van der Waals surface area contributed by atoms with Gasteiger partial charge in [0.25, 0.3) is 0 Å². The van der Waals surface area contributed by atoms with Crippen molar-refractivity contribution in [3.63, 3.8) is 0 Å². The number of nitrogens with zero attached hydrogens (tertiary/aromatic N) is 1. The van der Waals surface area contributed by atoms with Gasteiger partial charge in [-0.05, 0) is 19.1 Å². The monoisotopic (exact) mass is 168 g/mol. The van der Waals surface area contributed by atoms with Gasteiger partial charge in [-0.15, -0.1) is 0 Å². The quantitative estimate of drug-likeness (QED) is 0.588. The molecule has 4 nitrogen and oxygen atoms in total. The van der Waals surface area contributed by atoms with Crippen molar-refractivity contribution in [1.82, 2.24) is 4.98 Å². The molecule has 2 atom stereocenters. The summed E-state index contributed by atoms with van der Waals surface area (Å²) in [7, 11) is 0. The van der Waals surface area contributed by atoms with Gasteiger partial charge in [0.2, 0.25) is 0 Å². The van der Waals surface area contributed by atoms with Gasteiger partial charge < -0.3 is 15.9 Å². The molecule has 0 aromatic carbocycles. The maximum Gasteiger partial charge on any atom is 0.139 e. The number of aliphatic hydroxyl groups excluding tert-OH is 1. The van der Waals surface area contributed by atoms with E-state index in [1.54, 1.807) is 13.0 Å². The van der Waals surface area contributed by atoms with E-state index in [0.717, 1.165) is 0 Å². The van der Waals surface area contributed by atoms with E-state index < -0.39 is 12.1 Å². The van der Waals surface area contributed by atoms with Crippen molar-refractivity contribution in [3.05, 3.63) is 24.0 Å². The number of nitrogens with two attached hydrogens (primary N) is 1. The highest BCUT2D eigenvalue weighted by Crippen LogP contribution is 2.22. The SMILES string of the molecule is CC(N)C(O)c1ncccc1O. The Kier molecular flexibility index (Phi) is 2.62. The number of hydrogen-bond donors (Lipinski definition) is 3. The van der Waals surface area contributed by atoms with Gasteiger partial charge in [0.15, 0.2) is 0 Å². The topological polar surface area (TPSA) is 79.4 Å². The largest absolute Gasteiger partial charge is 0.506 e. The molecule has 0 bridgehead atoms. The van der Waals surface area contributed by atoms with Crippen LogP contribution in [-0.4, -0.2) is 21.2 Å². The molecule has 0 spiro atoms. The van der Waals surface area contributed by atoms with Crippen LogP contribution in [0.1, 0.15) is 18.7 Å². The second-order valence-electron chi connectivity index (χ2n) is 2.71. The number of aromatic hydroxyl groups is 1. The Hall–Kier alpha value is -1.13. The molecule has 4 heteroatoms. The van der Waals surface area contributed by atoms with E-state index in [4.69, 9.17) is 5.73 Å². The Morgan fingerprint density at radius 2 is 2.25 bits per heavy atom. The van der Waals surface area contributed by atoms with Crippen molar-refractivity contribution in [1.29, 1.82) is 0 Å². The summed E-state index contributed by atoms with van der Waals surface area (Å²) < 4.78 is 0. The summed E-state index contributed by atoms with van der Waals surface area (Å²) in [6.07, 6.45) is 0.590. The summed E-state index contributed by atoms with van der Waals surface area (Å²) >= 11 is 0. The second-order valence-corrected chi connectivity index (χ2v) is 2.71. The Morgan fingerprint density at radius 1 is 1.58 bits per heavy atom. The molecule has 1 aromatic rings. The molecule has 2 unspecified atom stereocenters. The van der Waals surface area contributed by atoms with E-state index >= 15 is 0 Å². The molecule has 1 aromatic heterocycles. The molecular weight excluding hydrogens is 156 g/mol. The fraction of sp³-hybridized carbons (Fsp3) is 0.375. The van der Waals surface area contributed by atoms with Gasteiger partial charge in [-0.1, -0.05) is 0 Å². The highest BCUT2D eigenvalue weighted by atomic mass is 16.3. The minimum absolute atomic E-state index is 0.0256. The van der Waals surface area contributed by atoms with Crippen molar-refractivity contribution >= 4 is 0 Å². The number of aromatic nitrogens is 1. The Balaban J connectivity index is 2.94. The van der Waals surface area contributed by atoms with E-state index in [2.05, 4.69) is 4.98 Å². The summed E-state index contributed by atoms with van der Waals surface area (Å²) in [5, 5.41) is 18.7. The molecule has 0 fully saturated rings. The lowest BCUT2D eigenvalue weighted by Crippen LogP contribution is -2.25. The lowest BCUT2D eigenvalue weighted by atomic mass is 10.1. The average molecular weight is 168 g/mol. The molecule has 1 heterocycles. The van der Waals surface area contributed by atoms with Crippen LogP contribution in [0.4, 0.5) is 0 Å². The molecular formula is C8H12N2O2. The number of aliphatic hydroxyl groups is 1. The fourth-order valence-electron chi connectivity index (χ4n) is 0.886. The third-order valence-corrected chi connectivity index (χ3v) is 1.59. The summed E-state index contributed by atoms with van der Waals surface area (Å²) in [5.74, 6) is -0.0256. The first-order valence-electron chi connectivity index (χ1n) is 3.70. The van der Waals surface area contributed by atoms with Crippen LogP contribution < -0.4 is 5.73 Å². The fourth-order valence-corrected chi connectivity index (χ4v) is 0.886. The van der Waals surface area contributed by atoms with Crippen LogP contribution in [0.25, 0.3) is 0 Å². The number of rotatable bonds is 2. The smallest absolute Gasteiger partial charge is 0.139 e. The van der Waals surface area contributed by atoms with E-state index in [1.807, 2.05) is 0 Å². The van der Waals surface area contributed by atoms with Crippen molar-refractivity contribution in [2.24, 2.45) is 5.73 Å². The van der Waals surface area contributed by atoms with Gasteiger partial charge in [0.05, 0.1) is 0 Å². The first-order valence-corrected chi connectivity index (χ1v) is 3.70. The molecule has 66 valence electrons. The van der Waals surface area contributed by atoms with E-state index in [1.165, 1.54) is 12.3 Å². The van der Waals surface area contributed by atoms with Gasteiger partial charge in [-0.2, -0.15) is 0 Å². The molecule has 0 amide bonds. The second kappa shape index (κ2) is 3.51. The van der Waals surface area contributed by atoms with Gasteiger partial charge in [0, 0.05) is 12.2 Å². The normalized spacial score (nSPS) is 15.6. The van der Waals surface area contributed by atoms with Crippen LogP contribution in [0.15, 0.2) is 18.3 Å². The van der Waals surface area contributed by atoms with Gasteiger partial charge >= 0.3 is 0 Å². The molecule has 1 rings (SSSR count). The van der Waals surface area contributed by atoms with E-state index in [-0.39, 0.29) is 11.4 Å². The predicted molar refractivity (Wildman–Crippen MR) is 44.5 cm³/mol. The Labute approximate surface area is 70.7 Å². The third-order valence-electron chi connectivity index (χ3n) is 1.59. The minimum Gasteiger partial charge on any atom is -0.506 e. The maximum atomic E-state index is 9.43. The van der Waals surface area contributed by atoms with Gasteiger partial charge in [-0.25, -0.2) is 0 Å². The third kappa shape index (κ3) is 1.72. The van der Waals surface area contributed by atoms with Crippen LogP contribution in [0.3, 0.4) is 0 Å². The lowest BCUT2D eigenvalue weighted by Gasteiger charge is -2.14. The zero-order valence-corrected chi connectivity index (χ0v) is 6.81. The van der Waals surface area contributed by atoms with Crippen molar-refractivity contribution in [2.45, 2.75) is 19.1 Å². The van der Waals surface area contributed by atoms with Crippen molar-refractivity contribution < 1.29 is 10.2 Å². The minimum atomic E-state index is -0.911. The summed E-state index contributed by atoms with van der Waals surface area (Å²) in [6.45, 7) is 1.65. The molecule has 0 aliphatic heterocycles. The van der Waals surface area contributed by atoms with Crippen LogP contribution in [0.5, 0.6) is 5.75 Å². The number of hydrogen-bond acceptors (Lipinski definition) is 4. The van der Waals surface area contributed by atoms with Crippen LogP contribution >= 0.6 is 0 Å². The highest BCUT2D eigenvalue weighted by molar-refractivity contribution is 5.27. The van der Waals surface area contributed by atoms with Crippen molar-refractivity contribution in [2.75, 3.05) is 0 Å². The summed E-state index contributed by atoms with van der Waals surface area (Å²) in [6, 6.07) is 2.62. The highest BCUT2D eigenvalue weighted by Gasteiger charge is 2.16. The standard InChI is InChI=1S/C8H12N2O2/c1-5(9)8(12)7-6(11)3-2-4-10-7/h2-5,8,11-12H,9H2,1H3. The zero-order chi connectivity index (χ0) is 9.14. The van der Waals surface area contributed by atoms with Crippen LogP contribution in [-0.2, 0) is 0 Å². The van der Waals surface area contributed by atoms with Crippen molar-refractivity contribution in [3.8, 4) is 5.75 Å².